The second-order valence-electron chi connectivity index (χ2n) is 6.64. The lowest BCUT2D eigenvalue weighted by atomic mass is 10.1. The van der Waals surface area contributed by atoms with E-state index in [1.807, 2.05) is 12.1 Å². The van der Waals surface area contributed by atoms with Crippen molar-refractivity contribution in [1.29, 1.82) is 0 Å². The number of hydrogen-bond acceptors (Lipinski definition) is 3. The van der Waals surface area contributed by atoms with E-state index in [0.29, 0.717) is 12.1 Å². The first-order chi connectivity index (χ1) is 9.69. The molecule has 1 aliphatic rings. The molecule has 2 rings (SSSR count). The van der Waals surface area contributed by atoms with E-state index in [1.54, 1.807) is 11.0 Å². The van der Waals surface area contributed by atoms with Gasteiger partial charge in [-0.05, 0) is 51.4 Å². The van der Waals surface area contributed by atoms with Gasteiger partial charge in [0.05, 0.1) is 11.3 Å². The molecular weight excluding hydrogens is 332 g/mol. The van der Waals surface area contributed by atoms with E-state index in [4.69, 9.17) is 0 Å². The number of Topliss-reactive ketones (excluding diaryl/α,β-unsaturated/α-hetero) is 1. The Morgan fingerprint density at radius 3 is 2.57 bits per heavy atom. The molecule has 1 aliphatic heterocycles. The van der Waals surface area contributed by atoms with Gasteiger partial charge in [-0.1, -0.05) is 22.9 Å². The highest BCUT2D eigenvalue weighted by atomic mass is 79.9. The topological polar surface area (TPSA) is 49.4 Å². The minimum atomic E-state index is -0.425. The average Bonchev–Trinajstić information content (AvgIpc) is 2.61. The number of nitrogens with one attached hydrogen (secondary N) is 1. The molecule has 1 atom stereocenters. The predicted octanol–water partition coefficient (Wildman–Crippen LogP) is 3.00. The fourth-order valence-electron chi connectivity index (χ4n) is 2.31. The van der Waals surface area contributed by atoms with Gasteiger partial charge in [0.15, 0.2) is 0 Å². The van der Waals surface area contributed by atoms with Crippen LogP contribution >= 0.6 is 15.9 Å². The van der Waals surface area contributed by atoms with Crippen LogP contribution in [0.3, 0.4) is 0 Å². The quantitative estimate of drug-likeness (QED) is 0.847. The smallest absolute Gasteiger partial charge is 0.299 e. The van der Waals surface area contributed by atoms with E-state index in [-0.39, 0.29) is 11.5 Å². The summed E-state index contributed by atoms with van der Waals surface area (Å²) in [6.45, 7) is 9.74. The van der Waals surface area contributed by atoms with Crippen LogP contribution in [0.2, 0.25) is 0 Å². The van der Waals surface area contributed by atoms with Crippen LogP contribution in [-0.4, -0.2) is 30.3 Å². The number of benzene rings is 1. The Hall–Kier alpha value is -1.20. The summed E-state index contributed by atoms with van der Waals surface area (Å²) in [5.74, 6) is -0.580. The summed E-state index contributed by atoms with van der Waals surface area (Å²) in [7, 11) is 0. The number of rotatable bonds is 4. The molecule has 21 heavy (non-hydrogen) atoms. The predicted molar refractivity (Wildman–Crippen MR) is 87.7 cm³/mol. The number of carbonyl (C=O) groups excluding carboxylic acids is 2. The molecule has 0 saturated carbocycles. The lowest BCUT2D eigenvalue weighted by molar-refractivity contribution is -0.114. The van der Waals surface area contributed by atoms with Gasteiger partial charge in [0, 0.05) is 16.6 Å². The summed E-state index contributed by atoms with van der Waals surface area (Å²) in [4.78, 5) is 25.8. The van der Waals surface area contributed by atoms with Gasteiger partial charge < -0.3 is 10.2 Å². The van der Waals surface area contributed by atoms with Crippen LogP contribution in [0, 0.1) is 5.92 Å². The summed E-state index contributed by atoms with van der Waals surface area (Å²) in [6.07, 6.45) is 0. The molecule has 0 fully saturated rings. The zero-order valence-corrected chi connectivity index (χ0v) is 14.5. The highest BCUT2D eigenvalue weighted by molar-refractivity contribution is 9.10. The van der Waals surface area contributed by atoms with E-state index in [0.717, 1.165) is 16.7 Å². The number of carbonyl (C=O) groups is 2. The molecule has 0 aliphatic carbocycles. The van der Waals surface area contributed by atoms with Crippen molar-refractivity contribution in [2.75, 3.05) is 18.0 Å². The van der Waals surface area contributed by atoms with Crippen LogP contribution < -0.4 is 10.2 Å². The number of ketones is 1. The maximum Gasteiger partial charge on any atom is 0.299 e. The van der Waals surface area contributed by atoms with E-state index in [1.165, 1.54) is 0 Å². The van der Waals surface area contributed by atoms with Gasteiger partial charge in [0.25, 0.3) is 11.7 Å². The van der Waals surface area contributed by atoms with Gasteiger partial charge in [-0.2, -0.15) is 0 Å². The fraction of sp³-hybridized carbons (Fsp3) is 0.500. The van der Waals surface area contributed by atoms with E-state index >= 15 is 0 Å². The molecule has 1 amide bonds. The number of halogens is 1. The molecule has 4 nitrogen and oxygen atoms in total. The van der Waals surface area contributed by atoms with E-state index in [2.05, 4.69) is 48.9 Å². The number of anilines is 1. The number of nitrogens with zero attached hydrogens (tertiary/aromatic N) is 1. The first kappa shape index (κ1) is 16.2. The van der Waals surface area contributed by atoms with Crippen LogP contribution in [0.25, 0.3) is 0 Å². The molecule has 0 saturated heterocycles. The molecule has 0 bridgehead atoms. The molecule has 1 heterocycles. The van der Waals surface area contributed by atoms with Crippen LogP contribution in [0.5, 0.6) is 0 Å². The molecule has 0 aromatic heterocycles. The molecule has 0 spiro atoms. The molecule has 5 heteroatoms. The van der Waals surface area contributed by atoms with Crippen molar-refractivity contribution >= 4 is 33.3 Å². The second kappa shape index (κ2) is 5.89. The highest BCUT2D eigenvalue weighted by Crippen LogP contribution is 2.31. The Bertz CT molecular complexity index is 578. The van der Waals surface area contributed by atoms with Gasteiger partial charge in [-0.3, -0.25) is 9.59 Å². The molecule has 114 valence electrons. The minimum Gasteiger partial charge on any atom is -0.312 e. The summed E-state index contributed by atoms with van der Waals surface area (Å²) in [6, 6.07) is 5.40. The second-order valence-corrected chi connectivity index (χ2v) is 7.56. The van der Waals surface area contributed by atoms with Gasteiger partial charge in [-0.15, -0.1) is 0 Å². The maximum atomic E-state index is 12.2. The van der Waals surface area contributed by atoms with Crippen molar-refractivity contribution in [3.05, 3.63) is 28.2 Å². The minimum absolute atomic E-state index is 0.0435. The monoisotopic (exact) mass is 352 g/mol. The third-order valence-corrected chi connectivity index (χ3v) is 3.90. The number of fused-ring (bicyclic) bond motifs is 1. The third kappa shape index (κ3) is 3.71. The molecule has 1 aromatic carbocycles. The van der Waals surface area contributed by atoms with Crippen LogP contribution in [0.15, 0.2) is 22.7 Å². The highest BCUT2D eigenvalue weighted by Gasteiger charge is 2.36. The number of hydrogen-bond donors (Lipinski definition) is 1. The largest absolute Gasteiger partial charge is 0.312 e. The molecule has 1 unspecified atom stereocenters. The Kier molecular flexibility index (Phi) is 4.54. The first-order valence-electron chi connectivity index (χ1n) is 7.10. The van der Waals surface area contributed by atoms with Crippen molar-refractivity contribution in [2.24, 2.45) is 5.92 Å². The molecular formula is C16H21BrN2O2. The van der Waals surface area contributed by atoms with E-state index < -0.39 is 11.7 Å². The van der Waals surface area contributed by atoms with Gasteiger partial charge in [0.2, 0.25) is 0 Å². The lowest BCUT2D eigenvalue weighted by Crippen LogP contribution is -2.42. The average molecular weight is 353 g/mol. The Morgan fingerprint density at radius 1 is 1.29 bits per heavy atom. The van der Waals surface area contributed by atoms with Gasteiger partial charge >= 0.3 is 0 Å². The molecule has 0 radical (unpaired) electrons. The zero-order valence-electron chi connectivity index (χ0n) is 12.9. The van der Waals surface area contributed by atoms with Gasteiger partial charge in [0.1, 0.15) is 0 Å². The van der Waals surface area contributed by atoms with Crippen molar-refractivity contribution < 1.29 is 9.59 Å². The lowest BCUT2D eigenvalue weighted by Gasteiger charge is -2.26. The Labute approximate surface area is 134 Å². The van der Waals surface area contributed by atoms with Crippen LogP contribution in [0.1, 0.15) is 38.1 Å². The van der Waals surface area contributed by atoms with Crippen LogP contribution in [0.4, 0.5) is 5.69 Å². The van der Waals surface area contributed by atoms with Crippen LogP contribution in [-0.2, 0) is 4.79 Å². The van der Waals surface area contributed by atoms with Crippen molar-refractivity contribution in [3.63, 3.8) is 0 Å². The van der Waals surface area contributed by atoms with Crippen molar-refractivity contribution in [3.8, 4) is 0 Å². The van der Waals surface area contributed by atoms with Crippen molar-refractivity contribution in [2.45, 2.75) is 33.2 Å². The van der Waals surface area contributed by atoms with Gasteiger partial charge in [-0.25, -0.2) is 0 Å². The Morgan fingerprint density at radius 2 is 1.95 bits per heavy atom. The zero-order chi connectivity index (χ0) is 15.8. The normalized spacial score (nSPS) is 16.3. The first-order valence-corrected chi connectivity index (χ1v) is 7.89. The van der Waals surface area contributed by atoms with E-state index in [9.17, 15) is 9.59 Å². The standard InChI is InChI=1S/C16H21BrN2O2/c1-10(8-18-16(2,3)4)9-19-13-6-5-11(17)7-12(13)14(20)15(19)21/h5-7,10,18H,8-9H2,1-4H3. The maximum absolute atomic E-state index is 12.2. The molecule has 1 aromatic rings. The summed E-state index contributed by atoms with van der Waals surface area (Å²) >= 11 is 3.34. The Balaban J connectivity index is 2.11. The number of amides is 1. The summed E-state index contributed by atoms with van der Waals surface area (Å²) in [5.41, 5.74) is 1.25. The fourth-order valence-corrected chi connectivity index (χ4v) is 2.67. The van der Waals surface area contributed by atoms with Crippen molar-refractivity contribution in [1.82, 2.24) is 5.32 Å². The summed E-state index contributed by atoms with van der Waals surface area (Å²) in [5, 5.41) is 3.42. The molecule has 1 N–H and O–H groups in total. The third-order valence-electron chi connectivity index (χ3n) is 3.41. The SMILES string of the molecule is CC(CNC(C)(C)C)CN1C(=O)C(=O)c2cc(Br)ccc21. The summed E-state index contributed by atoms with van der Waals surface area (Å²) < 4.78 is 0.812.